The van der Waals surface area contributed by atoms with Gasteiger partial charge in [-0.2, -0.15) is 0 Å². The Kier molecular flexibility index (Phi) is 14.7. The zero-order chi connectivity index (χ0) is 51.3. The van der Waals surface area contributed by atoms with Crippen LogP contribution in [0.25, 0.3) is 21.3 Å². The lowest BCUT2D eigenvalue weighted by atomic mass is 9.72. The lowest BCUT2D eigenvalue weighted by molar-refractivity contribution is -0.144. The number of thiazole rings is 1. The number of nitrogens with one attached hydrogen (secondary N) is 3. The molecule has 13 nitrogen and oxygen atoms in total. The van der Waals surface area contributed by atoms with E-state index >= 15 is 13.2 Å². The number of nitrogens with zero attached hydrogens (tertiary/aromatic N) is 5. The molecule has 3 amide bonds. The molecular formula is C55H69F3N8O5S. The Morgan fingerprint density at radius 3 is 2.35 bits per heavy atom. The van der Waals surface area contributed by atoms with Crippen LogP contribution in [0, 0.1) is 29.4 Å². The number of para-hydroxylation sites is 1. The molecule has 1 spiro atoms. The average Bonchev–Trinajstić information content (AvgIpc) is 4.03. The highest BCUT2D eigenvalue weighted by molar-refractivity contribution is 7.13. The Balaban J connectivity index is 0.741. The number of amides is 3. The van der Waals surface area contributed by atoms with E-state index in [9.17, 15) is 19.5 Å². The van der Waals surface area contributed by atoms with E-state index in [-0.39, 0.29) is 73.8 Å². The number of benzene rings is 3. The second kappa shape index (κ2) is 20.5. The summed E-state index contributed by atoms with van der Waals surface area (Å²) in [6, 6.07) is 15.4. The number of aliphatic hydroxyl groups excluding tert-OH is 1. The molecule has 17 heteroatoms. The van der Waals surface area contributed by atoms with Crippen molar-refractivity contribution in [1.82, 2.24) is 40.2 Å². The second-order valence-electron chi connectivity index (χ2n) is 22.5. The molecule has 4 aliphatic heterocycles. The third kappa shape index (κ3) is 11.1. The summed E-state index contributed by atoms with van der Waals surface area (Å²) in [5.74, 6) is -2.41. The molecule has 0 bridgehead atoms. The van der Waals surface area contributed by atoms with Crippen LogP contribution in [0.5, 0.6) is 5.75 Å². The fourth-order valence-electron chi connectivity index (χ4n) is 11.5. The van der Waals surface area contributed by atoms with Crippen LogP contribution in [0.4, 0.5) is 13.2 Å². The van der Waals surface area contributed by atoms with E-state index < -0.39 is 52.9 Å². The van der Waals surface area contributed by atoms with Crippen LogP contribution in [0.3, 0.4) is 0 Å². The number of H-pyrrole nitrogens is 1. The SMILES string of the molecule is Cc1ncsc1-c1ccc(CNC(=O)[C@@H]2C[C@@H](O)CN2C(=O)C(NC(=O)CN2CC3(CCN(CCOc4cc(F)c([C@@H]5c6[nH]c7ccccc7c6C[C@@H](C)N5CC(C)(C)F)c(F)c4)CC3)C2)C(C)(C)C)cc1. The van der Waals surface area contributed by atoms with Gasteiger partial charge in [0.1, 0.15) is 41.7 Å². The molecule has 0 aliphatic carbocycles. The molecule has 0 radical (unpaired) electrons. The number of ether oxygens (including phenoxy) is 1. The van der Waals surface area contributed by atoms with Gasteiger partial charge in [-0.1, -0.05) is 63.2 Å². The number of aliphatic hydroxyl groups is 1. The van der Waals surface area contributed by atoms with Gasteiger partial charge in [-0.15, -0.1) is 11.3 Å². The monoisotopic (exact) mass is 1010 g/mol. The van der Waals surface area contributed by atoms with Gasteiger partial charge in [0.15, 0.2) is 0 Å². The van der Waals surface area contributed by atoms with E-state index in [0.717, 1.165) is 77.2 Å². The molecule has 72 heavy (non-hydrogen) atoms. The summed E-state index contributed by atoms with van der Waals surface area (Å²) in [7, 11) is 0. The minimum absolute atomic E-state index is 0.000874. The van der Waals surface area contributed by atoms with Crippen molar-refractivity contribution >= 4 is 40.0 Å². The molecule has 9 rings (SSSR count). The van der Waals surface area contributed by atoms with Crippen LogP contribution in [-0.2, 0) is 27.3 Å². The van der Waals surface area contributed by atoms with Crippen LogP contribution >= 0.6 is 11.3 Å². The minimum atomic E-state index is -1.60. The van der Waals surface area contributed by atoms with E-state index in [0.29, 0.717) is 18.7 Å². The molecule has 4 N–H and O–H groups in total. The van der Waals surface area contributed by atoms with Crippen molar-refractivity contribution in [3.63, 3.8) is 0 Å². The number of hydrogen-bond donors (Lipinski definition) is 4. The predicted molar refractivity (Wildman–Crippen MR) is 273 cm³/mol. The van der Waals surface area contributed by atoms with Crippen molar-refractivity contribution in [1.29, 1.82) is 0 Å². The molecule has 386 valence electrons. The zero-order valence-corrected chi connectivity index (χ0v) is 43.3. The van der Waals surface area contributed by atoms with Gasteiger partial charge in [0.05, 0.1) is 34.8 Å². The molecule has 3 saturated heterocycles. The summed E-state index contributed by atoms with van der Waals surface area (Å²) >= 11 is 1.57. The van der Waals surface area contributed by atoms with E-state index in [1.165, 1.54) is 30.9 Å². The van der Waals surface area contributed by atoms with Gasteiger partial charge in [0, 0.05) is 86.0 Å². The van der Waals surface area contributed by atoms with Crippen LogP contribution in [0.1, 0.15) is 94.9 Å². The molecule has 0 saturated carbocycles. The van der Waals surface area contributed by atoms with E-state index in [1.54, 1.807) is 11.3 Å². The van der Waals surface area contributed by atoms with Gasteiger partial charge in [0.2, 0.25) is 17.7 Å². The van der Waals surface area contributed by atoms with Gasteiger partial charge in [-0.25, -0.2) is 18.2 Å². The number of aryl methyl sites for hydroxylation is 1. The second-order valence-corrected chi connectivity index (χ2v) is 23.3. The topological polar surface area (TPSA) is 146 Å². The van der Waals surface area contributed by atoms with Crippen LogP contribution < -0.4 is 15.4 Å². The molecule has 2 aromatic heterocycles. The Bertz CT molecular complexity index is 2750. The van der Waals surface area contributed by atoms with Gasteiger partial charge in [-0.05, 0) is 93.6 Å². The lowest BCUT2D eigenvalue weighted by Crippen LogP contribution is -2.63. The predicted octanol–water partition coefficient (Wildman–Crippen LogP) is 7.55. The fraction of sp³-hybridized carbons (Fsp3) is 0.527. The van der Waals surface area contributed by atoms with Crippen molar-refractivity contribution in [2.45, 2.75) is 117 Å². The molecule has 3 aromatic carbocycles. The van der Waals surface area contributed by atoms with Gasteiger partial charge in [0.25, 0.3) is 0 Å². The summed E-state index contributed by atoms with van der Waals surface area (Å²) in [5.41, 5.74) is 4.95. The number of likely N-dealkylation sites (tertiary alicyclic amines) is 3. The van der Waals surface area contributed by atoms with Gasteiger partial charge < -0.3 is 30.4 Å². The van der Waals surface area contributed by atoms with E-state index in [1.807, 2.05) is 93.6 Å². The molecule has 3 fully saturated rings. The Morgan fingerprint density at radius 1 is 1.00 bits per heavy atom. The summed E-state index contributed by atoms with van der Waals surface area (Å²) in [4.78, 5) is 57.8. The first-order chi connectivity index (χ1) is 34.1. The highest BCUT2D eigenvalue weighted by Gasteiger charge is 2.48. The van der Waals surface area contributed by atoms with Crippen LogP contribution in [0.15, 0.2) is 66.2 Å². The smallest absolute Gasteiger partial charge is 0.246 e. The molecule has 6 heterocycles. The number of piperidine rings is 1. The fourth-order valence-corrected chi connectivity index (χ4v) is 12.3. The Labute approximate surface area is 424 Å². The van der Waals surface area contributed by atoms with E-state index in [4.69, 9.17) is 4.74 Å². The maximum Gasteiger partial charge on any atom is 0.246 e. The summed E-state index contributed by atoms with van der Waals surface area (Å²) < 4.78 is 53.7. The number of aromatic amines is 1. The standard InChI is InChI=1S/C55H69F3N8O5S/c1-33-22-40-39-10-8-9-11-43(39)61-47(40)48(66(33)29-54(6,7)58)46-41(56)24-38(25-42(46)57)71-21-20-63-18-16-55(17-19-63)30-64(31-55)28-45(68)62-50(53(3,4)5)52(70)65-27-37(67)23-44(65)51(69)59-26-35-12-14-36(15-13-35)49-34(2)60-32-72-49/h8-15,24-25,32-33,37,44,48,50,61,67H,16-23,26-31H2,1-7H3,(H,59,69)(H,62,68)/t33-,37-,44+,48-,50?/m1/s1. The number of aromatic nitrogens is 2. The molecule has 5 atom stereocenters. The first-order valence-corrected chi connectivity index (χ1v) is 26.2. The number of alkyl halides is 1. The Hall–Kier alpha value is -5.33. The normalized spacial score (nSPS) is 22.2. The first kappa shape index (κ1) is 51.6. The maximum absolute atomic E-state index is 16.2. The quantitative estimate of drug-likeness (QED) is 0.0836. The lowest BCUT2D eigenvalue weighted by Gasteiger charge is -2.54. The summed E-state index contributed by atoms with van der Waals surface area (Å²) in [6.07, 6.45) is 1.71. The third-order valence-corrected chi connectivity index (χ3v) is 16.2. The largest absolute Gasteiger partial charge is 0.492 e. The number of carbonyl (C=O) groups is 3. The number of fused-ring (bicyclic) bond motifs is 3. The number of carbonyl (C=O) groups excluding carboxylic acids is 3. The molecule has 4 aliphatic rings. The first-order valence-electron chi connectivity index (χ1n) is 25.3. The number of halogens is 3. The maximum atomic E-state index is 16.2. The Morgan fingerprint density at radius 2 is 1.69 bits per heavy atom. The van der Waals surface area contributed by atoms with Crippen molar-refractivity contribution in [2.75, 3.05) is 59.0 Å². The minimum Gasteiger partial charge on any atom is -0.492 e. The molecular weight excluding hydrogens is 942 g/mol. The molecule has 5 aromatic rings. The summed E-state index contributed by atoms with van der Waals surface area (Å²) in [5, 5.41) is 17.6. The van der Waals surface area contributed by atoms with Crippen molar-refractivity contribution in [2.24, 2.45) is 10.8 Å². The number of hydrogen-bond acceptors (Lipinski definition) is 10. The highest BCUT2D eigenvalue weighted by Crippen LogP contribution is 2.44. The van der Waals surface area contributed by atoms with Gasteiger partial charge in [-0.3, -0.25) is 29.1 Å². The number of β-amino-alcohol motifs (C(OH)–C–C–N with tert-alkyl or cyclic N) is 1. The van der Waals surface area contributed by atoms with Crippen molar-refractivity contribution < 1.29 is 37.4 Å². The van der Waals surface area contributed by atoms with Crippen molar-refractivity contribution in [3.8, 4) is 16.2 Å². The average molecular weight is 1010 g/mol. The zero-order valence-electron chi connectivity index (χ0n) is 42.5. The summed E-state index contributed by atoms with van der Waals surface area (Å²) in [6.45, 7) is 16.9. The van der Waals surface area contributed by atoms with Crippen molar-refractivity contribution in [3.05, 3.63) is 106 Å². The molecule has 1 unspecified atom stereocenters. The van der Waals surface area contributed by atoms with Crippen LogP contribution in [0.2, 0.25) is 0 Å². The number of rotatable bonds is 15. The van der Waals surface area contributed by atoms with Gasteiger partial charge >= 0.3 is 0 Å². The van der Waals surface area contributed by atoms with E-state index in [2.05, 4.69) is 30.4 Å². The van der Waals surface area contributed by atoms with Crippen LogP contribution in [-0.4, -0.2) is 141 Å². The highest BCUT2D eigenvalue weighted by atomic mass is 32.1. The third-order valence-electron chi connectivity index (χ3n) is 15.2.